The number of hydrogen-bond donors (Lipinski definition) is 1. The number of benzene rings is 1. The molecule has 1 saturated carbocycles. The van der Waals surface area contributed by atoms with Gasteiger partial charge in [-0.3, -0.25) is 0 Å². The van der Waals surface area contributed by atoms with Crippen LogP contribution in [0.3, 0.4) is 0 Å². The predicted octanol–water partition coefficient (Wildman–Crippen LogP) is 4.71. The highest BCUT2D eigenvalue weighted by Crippen LogP contribution is 2.28. The molecule has 0 amide bonds. The summed E-state index contributed by atoms with van der Waals surface area (Å²) in [5, 5.41) is 0.580. The second-order valence-corrected chi connectivity index (χ2v) is 6.22. The zero-order valence-electron chi connectivity index (χ0n) is 11.4. The summed E-state index contributed by atoms with van der Waals surface area (Å²) >= 11 is 5.89. The molecule has 0 saturated heterocycles. The van der Waals surface area contributed by atoms with Crippen LogP contribution in [0.1, 0.15) is 50.5 Å². The molecule has 2 rings (SSSR count). The first kappa shape index (κ1) is 14.8. The summed E-state index contributed by atoms with van der Waals surface area (Å²) in [6.45, 7) is 0. The Morgan fingerprint density at radius 2 is 2.00 bits per heavy atom. The fraction of sp³-hybridized carbons (Fsp3) is 0.625. The monoisotopic (exact) mass is 283 g/mol. The van der Waals surface area contributed by atoms with E-state index in [1.165, 1.54) is 44.6 Å². The summed E-state index contributed by atoms with van der Waals surface area (Å²) in [4.78, 5) is 0. The first-order valence-corrected chi connectivity index (χ1v) is 7.72. The fourth-order valence-corrected chi connectivity index (χ4v) is 3.20. The molecule has 1 aliphatic rings. The maximum atomic E-state index is 13.6. The molecule has 19 heavy (non-hydrogen) atoms. The molecular formula is C16H23ClFN. The van der Waals surface area contributed by atoms with Crippen LogP contribution in [0.15, 0.2) is 18.2 Å². The molecule has 0 spiro atoms. The van der Waals surface area contributed by atoms with Gasteiger partial charge in [-0.05, 0) is 48.9 Å². The topological polar surface area (TPSA) is 26.0 Å². The SMILES string of the molecule is NC(CCC1CCCCC1)Cc1cc(Cl)ccc1F. The normalized spacial score (nSPS) is 18.5. The van der Waals surface area contributed by atoms with Crippen LogP contribution in [0.5, 0.6) is 0 Å². The third-order valence-corrected chi connectivity index (χ3v) is 4.40. The van der Waals surface area contributed by atoms with Gasteiger partial charge in [-0.25, -0.2) is 4.39 Å². The smallest absolute Gasteiger partial charge is 0.126 e. The van der Waals surface area contributed by atoms with Gasteiger partial charge in [0.05, 0.1) is 0 Å². The minimum absolute atomic E-state index is 0.0369. The predicted molar refractivity (Wildman–Crippen MR) is 78.9 cm³/mol. The molecule has 1 fully saturated rings. The molecule has 1 atom stereocenters. The van der Waals surface area contributed by atoms with Gasteiger partial charge in [0.1, 0.15) is 5.82 Å². The van der Waals surface area contributed by atoms with E-state index in [1.807, 2.05) is 0 Å². The van der Waals surface area contributed by atoms with Crippen molar-refractivity contribution in [3.63, 3.8) is 0 Å². The third kappa shape index (κ3) is 4.77. The van der Waals surface area contributed by atoms with Crippen molar-refractivity contribution in [2.75, 3.05) is 0 Å². The molecule has 0 aliphatic heterocycles. The lowest BCUT2D eigenvalue weighted by atomic mass is 9.85. The van der Waals surface area contributed by atoms with Gasteiger partial charge in [0.15, 0.2) is 0 Å². The minimum Gasteiger partial charge on any atom is -0.327 e. The molecule has 0 aromatic heterocycles. The Morgan fingerprint density at radius 3 is 2.74 bits per heavy atom. The van der Waals surface area contributed by atoms with Crippen LogP contribution in [0.25, 0.3) is 0 Å². The Balaban J connectivity index is 1.80. The Labute approximate surface area is 120 Å². The van der Waals surface area contributed by atoms with Crippen molar-refractivity contribution >= 4 is 11.6 Å². The lowest BCUT2D eigenvalue weighted by Crippen LogP contribution is -2.24. The van der Waals surface area contributed by atoms with Gasteiger partial charge in [-0.1, -0.05) is 43.7 Å². The summed E-state index contributed by atoms with van der Waals surface area (Å²) < 4.78 is 13.6. The quantitative estimate of drug-likeness (QED) is 0.832. The first-order chi connectivity index (χ1) is 9.15. The Kier molecular flexibility index (Phi) is 5.65. The Hall–Kier alpha value is -0.600. The van der Waals surface area contributed by atoms with Crippen molar-refractivity contribution in [1.29, 1.82) is 0 Å². The van der Waals surface area contributed by atoms with Crippen molar-refractivity contribution in [1.82, 2.24) is 0 Å². The van der Waals surface area contributed by atoms with Crippen molar-refractivity contribution in [2.45, 2.75) is 57.4 Å². The average Bonchev–Trinajstić information content (AvgIpc) is 2.42. The Morgan fingerprint density at radius 1 is 1.26 bits per heavy atom. The van der Waals surface area contributed by atoms with Crippen LogP contribution in [0, 0.1) is 11.7 Å². The van der Waals surface area contributed by atoms with Crippen LogP contribution < -0.4 is 5.73 Å². The standard InChI is InChI=1S/C16H23ClFN/c17-14-7-9-16(18)13(10-14)11-15(19)8-6-12-4-2-1-3-5-12/h7,9-10,12,15H,1-6,8,11,19H2. The molecule has 106 valence electrons. The fourth-order valence-electron chi connectivity index (χ4n) is 3.01. The van der Waals surface area contributed by atoms with Crippen molar-refractivity contribution in [2.24, 2.45) is 11.7 Å². The lowest BCUT2D eigenvalue weighted by Gasteiger charge is -2.23. The van der Waals surface area contributed by atoms with Crippen molar-refractivity contribution in [3.05, 3.63) is 34.6 Å². The third-order valence-electron chi connectivity index (χ3n) is 4.16. The first-order valence-electron chi connectivity index (χ1n) is 7.34. The average molecular weight is 284 g/mol. The van der Waals surface area contributed by atoms with E-state index in [0.29, 0.717) is 17.0 Å². The van der Waals surface area contributed by atoms with Crippen molar-refractivity contribution < 1.29 is 4.39 Å². The molecule has 0 bridgehead atoms. The van der Waals surface area contributed by atoms with E-state index in [-0.39, 0.29) is 11.9 Å². The molecule has 1 aromatic rings. The van der Waals surface area contributed by atoms with E-state index in [9.17, 15) is 4.39 Å². The zero-order chi connectivity index (χ0) is 13.7. The van der Waals surface area contributed by atoms with E-state index < -0.39 is 0 Å². The van der Waals surface area contributed by atoms with Crippen LogP contribution in [0.2, 0.25) is 5.02 Å². The summed E-state index contributed by atoms with van der Waals surface area (Å²) in [5.41, 5.74) is 6.77. The second-order valence-electron chi connectivity index (χ2n) is 5.78. The van der Waals surface area contributed by atoms with E-state index >= 15 is 0 Å². The van der Waals surface area contributed by atoms with E-state index in [0.717, 1.165) is 12.3 Å². The molecule has 0 heterocycles. The van der Waals surface area contributed by atoms with Crippen molar-refractivity contribution in [3.8, 4) is 0 Å². The van der Waals surface area contributed by atoms with Crippen LogP contribution in [-0.2, 0) is 6.42 Å². The minimum atomic E-state index is -0.197. The molecule has 2 N–H and O–H groups in total. The van der Waals surface area contributed by atoms with Crippen LogP contribution in [0.4, 0.5) is 4.39 Å². The van der Waals surface area contributed by atoms with Gasteiger partial charge in [-0.2, -0.15) is 0 Å². The summed E-state index contributed by atoms with van der Waals surface area (Å²) in [7, 11) is 0. The van der Waals surface area contributed by atoms with E-state index in [2.05, 4.69) is 0 Å². The van der Waals surface area contributed by atoms with Gasteiger partial charge in [0.2, 0.25) is 0 Å². The molecular weight excluding hydrogens is 261 g/mol. The molecule has 1 nitrogen and oxygen atoms in total. The van der Waals surface area contributed by atoms with Crippen LogP contribution >= 0.6 is 11.6 Å². The number of nitrogens with two attached hydrogens (primary N) is 1. The van der Waals surface area contributed by atoms with Gasteiger partial charge < -0.3 is 5.73 Å². The lowest BCUT2D eigenvalue weighted by molar-refractivity contribution is 0.322. The number of rotatable bonds is 5. The number of hydrogen-bond acceptors (Lipinski definition) is 1. The maximum absolute atomic E-state index is 13.6. The highest BCUT2D eigenvalue weighted by molar-refractivity contribution is 6.30. The highest BCUT2D eigenvalue weighted by atomic mass is 35.5. The molecule has 3 heteroatoms. The van der Waals surface area contributed by atoms with Crippen LogP contribution in [-0.4, -0.2) is 6.04 Å². The van der Waals surface area contributed by atoms with Gasteiger partial charge >= 0.3 is 0 Å². The number of halogens is 2. The van der Waals surface area contributed by atoms with Gasteiger partial charge in [0, 0.05) is 11.1 Å². The summed E-state index contributed by atoms with van der Waals surface area (Å²) in [6.07, 6.45) is 9.55. The summed E-state index contributed by atoms with van der Waals surface area (Å²) in [6, 6.07) is 4.73. The van der Waals surface area contributed by atoms with E-state index in [1.54, 1.807) is 12.1 Å². The summed E-state index contributed by atoms with van der Waals surface area (Å²) in [5.74, 6) is 0.640. The van der Waals surface area contributed by atoms with E-state index in [4.69, 9.17) is 17.3 Å². The second kappa shape index (κ2) is 7.25. The van der Waals surface area contributed by atoms with Gasteiger partial charge in [-0.15, -0.1) is 0 Å². The molecule has 0 radical (unpaired) electrons. The largest absolute Gasteiger partial charge is 0.327 e. The highest BCUT2D eigenvalue weighted by Gasteiger charge is 2.15. The van der Waals surface area contributed by atoms with Gasteiger partial charge in [0.25, 0.3) is 0 Å². The molecule has 1 unspecified atom stereocenters. The Bertz CT molecular complexity index is 402. The molecule has 1 aromatic carbocycles. The zero-order valence-corrected chi connectivity index (χ0v) is 12.1. The maximum Gasteiger partial charge on any atom is 0.126 e. The molecule has 1 aliphatic carbocycles.